The Morgan fingerprint density at radius 1 is 0.542 bits per heavy atom. The van der Waals surface area contributed by atoms with Crippen molar-refractivity contribution in [2.75, 3.05) is 4.90 Å². The van der Waals surface area contributed by atoms with Crippen LogP contribution in [0.3, 0.4) is 0 Å². The molecule has 0 aromatic heterocycles. The molecule has 4 aliphatic rings. The van der Waals surface area contributed by atoms with Crippen LogP contribution in [0, 0.1) is 0 Å². The molecule has 2 fully saturated rings. The molecule has 4 atom stereocenters. The number of hydrogen-bond donors (Lipinski definition) is 0. The zero-order valence-electron chi connectivity index (χ0n) is 25.9. The van der Waals surface area contributed by atoms with E-state index in [1.165, 1.54) is 16.0 Å². The third kappa shape index (κ3) is 3.30. The summed E-state index contributed by atoms with van der Waals surface area (Å²) < 4.78 is 0. The summed E-state index contributed by atoms with van der Waals surface area (Å²) in [5, 5.41) is -0.102. The highest BCUT2D eigenvalue weighted by molar-refractivity contribution is 8.00. The van der Waals surface area contributed by atoms with Gasteiger partial charge < -0.3 is 4.90 Å². The first-order valence-electron chi connectivity index (χ1n) is 16.4. The number of para-hydroxylation sites is 1. The molecular weight excluding hydrogens is 607 g/mol. The standard InChI is InChI=1S/C44H29NO2S/c46-38(28-16-4-1-5-17-28)41-43(29-18-6-2-7-19-29)40(37-31-22-10-12-24-33(31)39(47)34-25-13-11-23-32(34)37)44(43,30-20-8-3-9-21-30)42-45(41)35-26-14-15-27-36(35)48-42/h1-27,41-42H. The topological polar surface area (TPSA) is 37.4 Å². The molecule has 2 aliphatic carbocycles. The molecule has 1 saturated carbocycles. The van der Waals surface area contributed by atoms with Crippen molar-refractivity contribution in [1.29, 1.82) is 0 Å². The van der Waals surface area contributed by atoms with Gasteiger partial charge in [0.1, 0.15) is 6.04 Å². The van der Waals surface area contributed by atoms with Crippen LogP contribution in [0.25, 0.3) is 5.57 Å². The predicted octanol–water partition coefficient (Wildman–Crippen LogP) is 9.13. The van der Waals surface area contributed by atoms with Gasteiger partial charge in [-0.3, -0.25) is 9.59 Å². The smallest absolute Gasteiger partial charge is 0.194 e. The second kappa shape index (κ2) is 10.0. The summed E-state index contributed by atoms with van der Waals surface area (Å²) in [5.74, 6) is 0.142. The Morgan fingerprint density at radius 2 is 1.02 bits per heavy atom. The minimum Gasteiger partial charge on any atom is -0.345 e. The second-order valence-electron chi connectivity index (χ2n) is 13.0. The number of nitrogens with zero attached hydrogens (tertiary/aromatic N) is 1. The van der Waals surface area contributed by atoms with E-state index in [0.29, 0.717) is 16.7 Å². The van der Waals surface area contributed by atoms with E-state index in [9.17, 15) is 4.79 Å². The first-order valence-corrected chi connectivity index (χ1v) is 17.3. The van der Waals surface area contributed by atoms with Crippen LogP contribution in [-0.2, 0) is 10.8 Å². The molecule has 228 valence electrons. The van der Waals surface area contributed by atoms with Crippen molar-refractivity contribution in [2.45, 2.75) is 27.1 Å². The first kappa shape index (κ1) is 27.6. The predicted molar refractivity (Wildman–Crippen MR) is 192 cm³/mol. The second-order valence-corrected chi connectivity index (χ2v) is 14.1. The number of fused-ring (bicyclic) bond motifs is 7. The zero-order valence-corrected chi connectivity index (χ0v) is 26.7. The van der Waals surface area contributed by atoms with Crippen molar-refractivity contribution >= 4 is 34.6 Å². The third-order valence-electron chi connectivity index (χ3n) is 10.9. The molecule has 1 saturated heterocycles. The molecule has 0 amide bonds. The lowest BCUT2D eigenvalue weighted by atomic mass is 9.76. The van der Waals surface area contributed by atoms with Crippen molar-refractivity contribution in [3.05, 3.63) is 208 Å². The van der Waals surface area contributed by atoms with Crippen molar-refractivity contribution in [1.82, 2.24) is 0 Å². The van der Waals surface area contributed by atoms with Crippen LogP contribution in [0.2, 0.25) is 0 Å². The fourth-order valence-electron chi connectivity index (χ4n) is 9.25. The van der Waals surface area contributed by atoms with Crippen molar-refractivity contribution in [3.63, 3.8) is 0 Å². The summed E-state index contributed by atoms with van der Waals surface area (Å²) in [7, 11) is 0. The highest BCUT2D eigenvalue weighted by Gasteiger charge is 2.88. The number of rotatable bonds is 4. The summed E-state index contributed by atoms with van der Waals surface area (Å²) in [6.07, 6.45) is 0. The lowest BCUT2D eigenvalue weighted by molar-refractivity contribution is 0.0947. The van der Waals surface area contributed by atoms with Crippen LogP contribution >= 0.6 is 11.8 Å². The van der Waals surface area contributed by atoms with E-state index in [4.69, 9.17) is 0 Å². The molecule has 48 heavy (non-hydrogen) atoms. The molecule has 3 nitrogen and oxygen atoms in total. The quantitative estimate of drug-likeness (QED) is 0.181. The Bertz CT molecular complexity index is 2280. The molecule has 2 aliphatic heterocycles. The van der Waals surface area contributed by atoms with Gasteiger partial charge in [0, 0.05) is 21.6 Å². The van der Waals surface area contributed by atoms with E-state index >= 15 is 4.79 Å². The van der Waals surface area contributed by atoms with E-state index in [2.05, 4.69) is 102 Å². The average molecular weight is 636 g/mol. The van der Waals surface area contributed by atoms with Crippen LogP contribution in [0.15, 0.2) is 174 Å². The van der Waals surface area contributed by atoms with Gasteiger partial charge in [0.05, 0.1) is 21.9 Å². The number of carbonyl (C=O) groups is 2. The Balaban J connectivity index is 1.41. The van der Waals surface area contributed by atoms with Gasteiger partial charge in [-0.25, -0.2) is 0 Å². The normalized spacial score (nSPS) is 24.3. The fourth-order valence-corrected chi connectivity index (χ4v) is 10.9. The van der Waals surface area contributed by atoms with Gasteiger partial charge in [0.2, 0.25) is 0 Å². The number of thioether (sulfide) groups is 1. The van der Waals surface area contributed by atoms with E-state index < -0.39 is 16.9 Å². The number of anilines is 1. The van der Waals surface area contributed by atoms with Gasteiger partial charge in [-0.05, 0) is 45.5 Å². The third-order valence-corrected chi connectivity index (χ3v) is 12.3. The Kier molecular flexibility index (Phi) is 5.77. The highest BCUT2D eigenvalue weighted by Crippen LogP contribution is 2.84. The van der Waals surface area contributed by atoms with Gasteiger partial charge in [-0.15, -0.1) is 0 Å². The summed E-state index contributed by atoms with van der Waals surface area (Å²) in [6.45, 7) is 0. The summed E-state index contributed by atoms with van der Waals surface area (Å²) in [4.78, 5) is 33.1. The Morgan fingerprint density at radius 3 is 1.62 bits per heavy atom. The van der Waals surface area contributed by atoms with Crippen molar-refractivity contribution in [3.8, 4) is 0 Å². The summed E-state index contributed by atoms with van der Waals surface area (Å²) >= 11 is 1.86. The zero-order chi connectivity index (χ0) is 32.0. The number of hydrogen-bond acceptors (Lipinski definition) is 4. The lowest BCUT2D eigenvalue weighted by Crippen LogP contribution is -2.47. The van der Waals surface area contributed by atoms with E-state index in [-0.39, 0.29) is 16.9 Å². The Hall–Kier alpha value is -5.45. The van der Waals surface area contributed by atoms with E-state index in [1.54, 1.807) is 0 Å². The van der Waals surface area contributed by atoms with Crippen LogP contribution in [-0.4, -0.2) is 23.0 Å². The van der Waals surface area contributed by atoms with Gasteiger partial charge >= 0.3 is 0 Å². The molecule has 2 heterocycles. The molecule has 0 radical (unpaired) electrons. The minimum atomic E-state index is -0.732. The van der Waals surface area contributed by atoms with Gasteiger partial charge in [-0.2, -0.15) is 0 Å². The maximum atomic E-state index is 15.4. The molecule has 0 N–H and O–H groups in total. The summed E-state index contributed by atoms with van der Waals surface area (Å²) in [6, 6.07) is 55.3. The van der Waals surface area contributed by atoms with Gasteiger partial charge in [-0.1, -0.05) is 163 Å². The Labute approximate surface area is 283 Å². The number of carbonyl (C=O) groups excluding carboxylic acids is 2. The maximum Gasteiger partial charge on any atom is 0.194 e. The van der Waals surface area contributed by atoms with Crippen LogP contribution in [0.5, 0.6) is 0 Å². The molecule has 4 unspecified atom stereocenters. The largest absolute Gasteiger partial charge is 0.345 e. The number of ketones is 2. The number of Topliss-reactive ketones (excluding diaryl/α,β-unsaturated/α-hetero) is 1. The number of piperidine rings is 1. The SMILES string of the molecule is O=C1c2ccccc2C(=C2C3(c4ccccc4)C4Sc5ccccc5N4C(C(=O)c4ccccc4)C23c2ccccc2)c2ccccc21. The molecule has 0 spiro atoms. The molecule has 4 heteroatoms. The van der Waals surface area contributed by atoms with E-state index in [1.807, 2.05) is 78.5 Å². The van der Waals surface area contributed by atoms with Gasteiger partial charge in [0.15, 0.2) is 11.6 Å². The average Bonchev–Trinajstić information content (AvgIpc) is 3.44. The molecule has 10 rings (SSSR count). The monoisotopic (exact) mass is 635 g/mol. The van der Waals surface area contributed by atoms with Crippen LogP contribution in [0.1, 0.15) is 48.5 Å². The van der Waals surface area contributed by atoms with Gasteiger partial charge in [0.25, 0.3) is 0 Å². The molecule has 0 bridgehead atoms. The molecule has 6 aromatic rings. The maximum absolute atomic E-state index is 15.4. The van der Waals surface area contributed by atoms with Crippen LogP contribution in [0.4, 0.5) is 5.69 Å². The molecule has 6 aromatic carbocycles. The van der Waals surface area contributed by atoms with E-state index in [0.717, 1.165) is 28.0 Å². The lowest BCUT2D eigenvalue weighted by Gasteiger charge is -2.35. The minimum absolute atomic E-state index is 0.0417. The first-order chi connectivity index (χ1) is 23.7. The van der Waals surface area contributed by atoms with Crippen LogP contribution < -0.4 is 4.90 Å². The molecular formula is C44H29NO2S. The van der Waals surface area contributed by atoms with Crippen molar-refractivity contribution in [2.24, 2.45) is 0 Å². The highest BCUT2D eigenvalue weighted by atomic mass is 32.2. The fraction of sp³-hybridized carbons (Fsp3) is 0.0909. The number of benzene rings is 6. The summed E-state index contributed by atoms with van der Waals surface area (Å²) in [5.41, 5.74) is 8.37. The van der Waals surface area contributed by atoms with Crippen molar-refractivity contribution < 1.29 is 9.59 Å².